The molecular formula is C18H22O2. The fraction of sp³-hybridized carbons (Fsp3) is 0.444. The lowest BCUT2D eigenvalue weighted by atomic mass is 9.82. The Morgan fingerprint density at radius 2 is 1.55 bits per heavy atom. The number of hydrogen-bond donors (Lipinski definition) is 2. The number of allylic oxidation sites excluding steroid dienone is 4. The number of aliphatic hydroxyl groups excluding tert-OH is 2. The molecule has 106 valence electrons. The third kappa shape index (κ3) is 2.96. The number of hydrogen-bond acceptors (Lipinski definition) is 2. The molecule has 0 atom stereocenters. The van der Waals surface area contributed by atoms with Crippen LogP contribution < -0.4 is 0 Å². The fourth-order valence-corrected chi connectivity index (χ4v) is 3.25. The molecule has 1 saturated carbocycles. The van der Waals surface area contributed by atoms with Crippen LogP contribution in [0.3, 0.4) is 0 Å². The lowest BCUT2D eigenvalue weighted by molar-refractivity contribution is 0.122. The first kappa shape index (κ1) is 13.4. The average Bonchev–Trinajstić information content (AvgIpc) is 2.49. The molecule has 1 aromatic rings. The van der Waals surface area contributed by atoms with Crippen molar-refractivity contribution in [3.63, 3.8) is 0 Å². The van der Waals surface area contributed by atoms with Gasteiger partial charge >= 0.3 is 0 Å². The van der Waals surface area contributed by atoms with Crippen LogP contribution in [0.1, 0.15) is 55.6 Å². The monoisotopic (exact) mass is 270 g/mol. The van der Waals surface area contributed by atoms with Crippen LogP contribution in [0.5, 0.6) is 0 Å². The quantitative estimate of drug-likeness (QED) is 0.840. The van der Waals surface area contributed by atoms with Crippen LogP contribution in [-0.4, -0.2) is 16.3 Å². The van der Waals surface area contributed by atoms with Crippen molar-refractivity contribution in [3.8, 4) is 0 Å². The minimum Gasteiger partial charge on any atom is -0.512 e. The predicted octanol–water partition coefficient (Wildman–Crippen LogP) is 4.32. The standard InChI is InChI=1S/C18H22O2/c19-17-9-5-15(6-10-17)13-1-2-14(4-3-13)16-7-11-18(20)12-8-16/h1-5,9,16,18-20H,6-8,10-12H2. The third-order valence-electron chi connectivity index (χ3n) is 4.58. The average molecular weight is 270 g/mol. The maximum Gasteiger partial charge on any atom is 0.0926 e. The molecule has 0 amide bonds. The molecule has 1 aromatic carbocycles. The first-order valence-corrected chi connectivity index (χ1v) is 7.59. The lowest BCUT2D eigenvalue weighted by Gasteiger charge is -2.25. The summed E-state index contributed by atoms with van der Waals surface area (Å²) in [5, 5.41) is 19.0. The highest BCUT2D eigenvalue weighted by Crippen LogP contribution is 2.34. The molecule has 2 N–H and O–H groups in total. The zero-order valence-corrected chi connectivity index (χ0v) is 11.8. The van der Waals surface area contributed by atoms with Gasteiger partial charge in [0.15, 0.2) is 0 Å². The molecule has 0 spiro atoms. The topological polar surface area (TPSA) is 40.5 Å². The van der Waals surface area contributed by atoms with E-state index in [9.17, 15) is 10.2 Å². The van der Waals surface area contributed by atoms with Gasteiger partial charge in [-0.2, -0.15) is 0 Å². The Morgan fingerprint density at radius 3 is 2.15 bits per heavy atom. The van der Waals surface area contributed by atoms with Gasteiger partial charge in [0.1, 0.15) is 0 Å². The van der Waals surface area contributed by atoms with Gasteiger partial charge < -0.3 is 10.2 Å². The van der Waals surface area contributed by atoms with Crippen molar-refractivity contribution in [2.45, 2.75) is 50.5 Å². The molecule has 0 heterocycles. The maximum atomic E-state index is 9.58. The van der Waals surface area contributed by atoms with Crippen molar-refractivity contribution < 1.29 is 10.2 Å². The van der Waals surface area contributed by atoms with E-state index in [1.807, 2.05) is 6.08 Å². The zero-order chi connectivity index (χ0) is 13.9. The molecule has 2 heteroatoms. The van der Waals surface area contributed by atoms with E-state index >= 15 is 0 Å². The fourth-order valence-electron chi connectivity index (χ4n) is 3.25. The molecule has 20 heavy (non-hydrogen) atoms. The summed E-state index contributed by atoms with van der Waals surface area (Å²) < 4.78 is 0. The summed E-state index contributed by atoms with van der Waals surface area (Å²) in [4.78, 5) is 0. The van der Waals surface area contributed by atoms with Gasteiger partial charge in [-0.15, -0.1) is 0 Å². The van der Waals surface area contributed by atoms with Crippen LogP contribution in [0.15, 0.2) is 42.2 Å². The Balaban J connectivity index is 1.72. The van der Waals surface area contributed by atoms with Gasteiger partial charge in [-0.25, -0.2) is 0 Å². The molecule has 0 saturated heterocycles. The van der Waals surface area contributed by atoms with Crippen molar-refractivity contribution in [3.05, 3.63) is 53.3 Å². The third-order valence-corrected chi connectivity index (χ3v) is 4.58. The van der Waals surface area contributed by atoms with Gasteiger partial charge in [0, 0.05) is 6.42 Å². The summed E-state index contributed by atoms with van der Waals surface area (Å²) in [7, 11) is 0. The summed E-state index contributed by atoms with van der Waals surface area (Å²) in [5.74, 6) is 1.09. The van der Waals surface area contributed by atoms with E-state index in [0.29, 0.717) is 11.7 Å². The van der Waals surface area contributed by atoms with E-state index in [-0.39, 0.29) is 6.10 Å². The van der Waals surface area contributed by atoms with E-state index in [2.05, 4.69) is 24.3 Å². The van der Waals surface area contributed by atoms with Crippen LogP contribution in [0.25, 0.3) is 5.57 Å². The second-order valence-electron chi connectivity index (χ2n) is 5.98. The van der Waals surface area contributed by atoms with Crippen molar-refractivity contribution >= 4 is 5.57 Å². The zero-order valence-electron chi connectivity index (χ0n) is 11.8. The van der Waals surface area contributed by atoms with E-state index < -0.39 is 0 Å². The molecule has 0 bridgehead atoms. The predicted molar refractivity (Wildman–Crippen MR) is 81.6 cm³/mol. The van der Waals surface area contributed by atoms with Gasteiger partial charge in [0.05, 0.1) is 11.9 Å². The van der Waals surface area contributed by atoms with Crippen LogP contribution in [0.4, 0.5) is 0 Å². The Kier molecular flexibility index (Phi) is 3.93. The Bertz CT molecular complexity index is 517. The first-order valence-electron chi connectivity index (χ1n) is 7.59. The molecular weight excluding hydrogens is 248 g/mol. The lowest BCUT2D eigenvalue weighted by Crippen LogP contribution is -2.16. The molecule has 0 aromatic heterocycles. The molecule has 1 fully saturated rings. The number of rotatable bonds is 2. The van der Waals surface area contributed by atoms with Crippen molar-refractivity contribution in [1.29, 1.82) is 0 Å². The summed E-state index contributed by atoms with van der Waals surface area (Å²) in [6.45, 7) is 0. The van der Waals surface area contributed by atoms with Crippen molar-refractivity contribution in [1.82, 2.24) is 0 Å². The molecule has 2 aliphatic rings. The van der Waals surface area contributed by atoms with Gasteiger partial charge in [0.2, 0.25) is 0 Å². The number of aliphatic hydroxyl groups is 2. The Labute approximate surface area is 120 Å². The van der Waals surface area contributed by atoms with Crippen LogP contribution in [-0.2, 0) is 0 Å². The molecule has 2 aliphatic carbocycles. The highest BCUT2D eigenvalue weighted by molar-refractivity contribution is 5.68. The van der Waals surface area contributed by atoms with Crippen molar-refractivity contribution in [2.24, 2.45) is 0 Å². The van der Waals surface area contributed by atoms with Crippen LogP contribution in [0.2, 0.25) is 0 Å². The van der Waals surface area contributed by atoms with Crippen LogP contribution >= 0.6 is 0 Å². The summed E-state index contributed by atoms with van der Waals surface area (Å²) in [5.41, 5.74) is 3.96. The molecule has 0 radical (unpaired) electrons. The van der Waals surface area contributed by atoms with Gasteiger partial charge in [-0.1, -0.05) is 30.3 Å². The van der Waals surface area contributed by atoms with Gasteiger partial charge in [-0.3, -0.25) is 0 Å². The minimum atomic E-state index is -0.0858. The van der Waals surface area contributed by atoms with Crippen LogP contribution in [0, 0.1) is 0 Å². The SMILES string of the molecule is OC1=CC=C(c2ccc(C3CCC(O)CC3)cc2)CC1. The molecule has 0 aliphatic heterocycles. The van der Waals surface area contributed by atoms with Gasteiger partial charge in [0.25, 0.3) is 0 Å². The molecule has 2 nitrogen and oxygen atoms in total. The second-order valence-corrected chi connectivity index (χ2v) is 5.98. The van der Waals surface area contributed by atoms with E-state index in [1.54, 1.807) is 6.08 Å². The summed E-state index contributed by atoms with van der Waals surface area (Å²) >= 11 is 0. The van der Waals surface area contributed by atoms with E-state index in [1.165, 1.54) is 16.7 Å². The normalized spacial score (nSPS) is 26.9. The Morgan fingerprint density at radius 1 is 0.850 bits per heavy atom. The van der Waals surface area contributed by atoms with E-state index in [4.69, 9.17) is 0 Å². The smallest absolute Gasteiger partial charge is 0.0926 e. The minimum absolute atomic E-state index is 0.0858. The largest absolute Gasteiger partial charge is 0.512 e. The maximum absolute atomic E-state index is 9.58. The highest BCUT2D eigenvalue weighted by atomic mass is 16.3. The summed E-state index contributed by atoms with van der Waals surface area (Å²) in [6.07, 6.45) is 9.45. The Hall–Kier alpha value is -1.54. The van der Waals surface area contributed by atoms with Crippen molar-refractivity contribution in [2.75, 3.05) is 0 Å². The molecule has 0 unspecified atom stereocenters. The second kappa shape index (κ2) is 5.84. The molecule has 3 rings (SSSR count). The highest BCUT2D eigenvalue weighted by Gasteiger charge is 2.20. The van der Waals surface area contributed by atoms with Gasteiger partial charge in [-0.05, 0) is 60.8 Å². The first-order chi connectivity index (χ1) is 9.72. The number of benzene rings is 1. The summed E-state index contributed by atoms with van der Waals surface area (Å²) in [6, 6.07) is 8.86. The van der Waals surface area contributed by atoms with E-state index in [0.717, 1.165) is 38.5 Å².